The Morgan fingerprint density at radius 1 is 1.15 bits per heavy atom. The highest BCUT2D eigenvalue weighted by atomic mass is 79.9. The molecule has 0 aliphatic rings. The smallest absolute Gasteiger partial charge is 0.138 e. The largest absolute Gasteiger partial charge is 0.495 e. The minimum atomic E-state index is 0.111. The van der Waals surface area contributed by atoms with Crippen LogP contribution in [0.15, 0.2) is 36.4 Å². The Balaban J connectivity index is 2.28. The second kappa shape index (κ2) is 6.84. The lowest BCUT2D eigenvalue weighted by Gasteiger charge is -2.15. The molecule has 2 rings (SSSR count). The minimum absolute atomic E-state index is 0.111. The molecule has 0 heterocycles. The van der Waals surface area contributed by atoms with Crippen LogP contribution in [0.2, 0.25) is 10.0 Å². The van der Waals surface area contributed by atoms with E-state index in [0.29, 0.717) is 15.8 Å². The number of hydrogen-bond acceptors (Lipinski definition) is 1. The summed E-state index contributed by atoms with van der Waals surface area (Å²) in [5.41, 5.74) is 3.53. The van der Waals surface area contributed by atoms with Crippen LogP contribution in [-0.2, 0) is 6.42 Å². The van der Waals surface area contributed by atoms with Crippen molar-refractivity contribution in [3.8, 4) is 5.75 Å². The fourth-order valence-electron chi connectivity index (χ4n) is 2.08. The fourth-order valence-corrected chi connectivity index (χ4v) is 3.48. The molecule has 1 nitrogen and oxygen atoms in total. The van der Waals surface area contributed by atoms with E-state index < -0.39 is 0 Å². The third-order valence-electron chi connectivity index (χ3n) is 3.27. The maximum atomic E-state index is 6.31. The average Bonchev–Trinajstić information content (AvgIpc) is 2.43. The van der Waals surface area contributed by atoms with Crippen molar-refractivity contribution in [2.45, 2.75) is 18.2 Å². The molecule has 0 radical (unpaired) electrons. The average molecular weight is 374 g/mol. The molecule has 4 heteroatoms. The summed E-state index contributed by atoms with van der Waals surface area (Å²) in [6.07, 6.45) is 0.856. The second-order valence-corrected chi connectivity index (χ2v) is 6.53. The third-order valence-corrected chi connectivity index (χ3v) is 4.71. The summed E-state index contributed by atoms with van der Waals surface area (Å²) in [6, 6.07) is 11.9. The molecule has 0 aromatic heterocycles. The van der Waals surface area contributed by atoms with E-state index in [1.165, 1.54) is 11.1 Å². The van der Waals surface area contributed by atoms with E-state index in [2.05, 4.69) is 35.0 Å². The number of halogens is 3. The number of aryl methyl sites for hydroxylation is 1. The van der Waals surface area contributed by atoms with Crippen LogP contribution >= 0.6 is 39.1 Å². The quantitative estimate of drug-likeness (QED) is 0.598. The molecule has 0 fully saturated rings. The molecule has 1 atom stereocenters. The van der Waals surface area contributed by atoms with Gasteiger partial charge in [0, 0.05) is 15.9 Å². The number of benzene rings is 2. The van der Waals surface area contributed by atoms with E-state index in [-0.39, 0.29) is 4.83 Å². The lowest BCUT2D eigenvalue weighted by atomic mass is 10.0. The zero-order valence-electron chi connectivity index (χ0n) is 11.3. The Labute approximate surface area is 138 Å². The highest BCUT2D eigenvalue weighted by molar-refractivity contribution is 9.09. The molecule has 20 heavy (non-hydrogen) atoms. The van der Waals surface area contributed by atoms with E-state index in [0.717, 1.165) is 12.0 Å². The molecule has 0 aliphatic carbocycles. The van der Waals surface area contributed by atoms with Gasteiger partial charge in [-0.25, -0.2) is 0 Å². The number of methoxy groups -OCH3 is 1. The van der Waals surface area contributed by atoms with Crippen molar-refractivity contribution in [2.75, 3.05) is 7.11 Å². The van der Waals surface area contributed by atoms with Gasteiger partial charge in [-0.3, -0.25) is 0 Å². The van der Waals surface area contributed by atoms with Crippen molar-refractivity contribution in [2.24, 2.45) is 0 Å². The molecule has 0 N–H and O–H groups in total. The number of hydrogen-bond donors (Lipinski definition) is 0. The van der Waals surface area contributed by atoms with Crippen LogP contribution in [0.3, 0.4) is 0 Å². The monoisotopic (exact) mass is 372 g/mol. The maximum absolute atomic E-state index is 6.31. The van der Waals surface area contributed by atoms with Crippen LogP contribution in [0.25, 0.3) is 0 Å². The zero-order chi connectivity index (χ0) is 14.7. The number of rotatable bonds is 4. The maximum Gasteiger partial charge on any atom is 0.138 e. The van der Waals surface area contributed by atoms with Gasteiger partial charge in [-0.15, -0.1) is 0 Å². The predicted molar refractivity (Wildman–Crippen MR) is 89.6 cm³/mol. The van der Waals surface area contributed by atoms with Crippen molar-refractivity contribution in [3.05, 3.63) is 63.1 Å². The van der Waals surface area contributed by atoms with Gasteiger partial charge >= 0.3 is 0 Å². The summed E-state index contributed by atoms with van der Waals surface area (Å²) in [5, 5.41) is 1.22. The molecule has 0 bridgehead atoms. The van der Waals surface area contributed by atoms with E-state index in [4.69, 9.17) is 27.9 Å². The fraction of sp³-hybridized carbons (Fsp3) is 0.250. The highest BCUT2D eigenvalue weighted by Crippen LogP contribution is 2.38. The van der Waals surface area contributed by atoms with Crippen molar-refractivity contribution in [3.63, 3.8) is 0 Å². The first-order valence-electron chi connectivity index (χ1n) is 6.24. The van der Waals surface area contributed by atoms with Crippen molar-refractivity contribution in [1.29, 1.82) is 0 Å². The Bertz CT molecular complexity index is 613. The summed E-state index contributed by atoms with van der Waals surface area (Å²) in [6.45, 7) is 2.11. The van der Waals surface area contributed by atoms with Crippen LogP contribution in [-0.4, -0.2) is 7.11 Å². The molecular weight excluding hydrogens is 359 g/mol. The van der Waals surface area contributed by atoms with Gasteiger partial charge in [0.2, 0.25) is 0 Å². The molecule has 2 aromatic rings. The van der Waals surface area contributed by atoms with Gasteiger partial charge in [0.1, 0.15) is 5.75 Å². The predicted octanol–water partition coefficient (Wildman–Crippen LogP) is 5.99. The molecule has 0 amide bonds. The van der Waals surface area contributed by atoms with Crippen molar-refractivity contribution in [1.82, 2.24) is 0 Å². The summed E-state index contributed by atoms with van der Waals surface area (Å²) in [5.74, 6) is 0.594. The van der Waals surface area contributed by atoms with Crippen molar-refractivity contribution >= 4 is 39.1 Å². The lowest BCUT2D eigenvalue weighted by Crippen LogP contribution is -1.99. The first-order valence-corrected chi connectivity index (χ1v) is 7.91. The van der Waals surface area contributed by atoms with Crippen LogP contribution in [0, 0.1) is 6.92 Å². The molecule has 2 aromatic carbocycles. The van der Waals surface area contributed by atoms with Crippen LogP contribution < -0.4 is 4.74 Å². The molecule has 106 valence electrons. The summed E-state index contributed by atoms with van der Waals surface area (Å²) in [4.78, 5) is 0.111. The standard InChI is InChI=1S/C16H15BrCl2O/c1-10-5-3-4-6-11(10)7-13(17)12-8-15(19)16(20-2)9-14(12)18/h3-6,8-9,13H,7H2,1-2H3. The van der Waals surface area contributed by atoms with Gasteiger partial charge in [-0.1, -0.05) is 63.4 Å². The van der Waals surface area contributed by atoms with E-state index in [9.17, 15) is 0 Å². The van der Waals surface area contributed by atoms with Crippen LogP contribution in [0.1, 0.15) is 21.5 Å². The SMILES string of the molecule is COc1cc(Cl)c(C(Br)Cc2ccccc2C)cc1Cl. The van der Waals surface area contributed by atoms with Gasteiger partial charge in [0.25, 0.3) is 0 Å². The van der Waals surface area contributed by atoms with Crippen LogP contribution in [0.5, 0.6) is 5.75 Å². The zero-order valence-corrected chi connectivity index (χ0v) is 14.4. The van der Waals surface area contributed by atoms with Gasteiger partial charge in [0.15, 0.2) is 0 Å². The van der Waals surface area contributed by atoms with Gasteiger partial charge in [-0.05, 0) is 36.1 Å². The molecule has 0 saturated heterocycles. The minimum Gasteiger partial charge on any atom is -0.495 e. The molecule has 0 aliphatic heterocycles. The third kappa shape index (κ3) is 3.49. The van der Waals surface area contributed by atoms with Gasteiger partial charge in [0.05, 0.1) is 12.1 Å². The summed E-state index contributed by atoms with van der Waals surface area (Å²) < 4.78 is 5.17. The Morgan fingerprint density at radius 3 is 2.50 bits per heavy atom. The Morgan fingerprint density at radius 2 is 1.85 bits per heavy atom. The van der Waals surface area contributed by atoms with E-state index in [1.807, 2.05) is 18.2 Å². The molecule has 0 spiro atoms. The first-order chi connectivity index (χ1) is 9.52. The normalized spacial score (nSPS) is 12.2. The van der Waals surface area contributed by atoms with Gasteiger partial charge < -0.3 is 4.74 Å². The van der Waals surface area contributed by atoms with E-state index in [1.54, 1.807) is 13.2 Å². The summed E-state index contributed by atoms with van der Waals surface area (Å²) in [7, 11) is 1.58. The first kappa shape index (κ1) is 15.7. The van der Waals surface area contributed by atoms with Crippen molar-refractivity contribution < 1.29 is 4.74 Å². The number of ether oxygens (including phenoxy) is 1. The number of alkyl halides is 1. The molecular formula is C16H15BrCl2O. The molecule has 1 unspecified atom stereocenters. The Kier molecular flexibility index (Phi) is 5.36. The highest BCUT2D eigenvalue weighted by Gasteiger charge is 2.16. The van der Waals surface area contributed by atoms with Gasteiger partial charge in [-0.2, -0.15) is 0 Å². The second-order valence-electron chi connectivity index (χ2n) is 4.61. The molecule has 0 saturated carbocycles. The Hall–Kier alpha value is -0.700. The van der Waals surface area contributed by atoms with E-state index >= 15 is 0 Å². The van der Waals surface area contributed by atoms with Crippen LogP contribution in [0.4, 0.5) is 0 Å². The summed E-state index contributed by atoms with van der Waals surface area (Å²) >= 11 is 16.2. The topological polar surface area (TPSA) is 9.23 Å². The lowest BCUT2D eigenvalue weighted by molar-refractivity contribution is 0.415.